The molecule has 0 radical (unpaired) electrons. The third-order valence-corrected chi connectivity index (χ3v) is 1.22. The van der Waals surface area contributed by atoms with Crippen molar-refractivity contribution < 1.29 is 14.3 Å². The fraction of sp³-hybridized carbons (Fsp3) is 0.600. The molecule has 0 saturated carbocycles. The summed E-state index contributed by atoms with van der Waals surface area (Å²) in [6.07, 6.45) is -0.381. The highest BCUT2D eigenvalue weighted by Gasteiger charge is 2.25. The van der Waals surface area contributed by atoms with Gasteiger partial charge in [-0.3, -0.25) is 4.79 Å². The van der Waals surface area contributed by atoms with Crippen LogP contribution in [-0.4, -0.2) is 24.6 Å². The van der Waals surface area contributed by atoms with Gasteiger partial charge >= 0.3 is 6.09 Å². The lowest BCUT2D eigenvalue weighted by Gasteiger charge is -2.25. The lowest BCUT2D eigenvalue weighted by atomic mass is 10.1. The molecule has 0 aromatic heterocycles. The quantitative estimate of drug-likeness (QED) is 0.486. The van der Waals surface area contributed by atoms with Crippen LogP contribution in [0, 0.1) is 0 Å². The average molecular weight is 144 g/mol. The van der Waals surface area contributed by atoms with Crippen molar-refractivity contribution in [3.63, 3.8) is 0 Å². The molecule has 1 unspecified atom stereocenters. The second-order valence-corrected chi connectivity index (χ2v) is 2.10. The molecular weight excluding hydrogens is 136 g/mol. The van der Waals surface area contributed by atoms with Crippen LogP contribution in [0.2, 0.25) is 0 Å². The van der Waals surface area contributed by atoms with Crippen LogP contribution in [0.25, 0.3) is 0 Å². The summed E-state index contributed by atoms with van der Waals surface area (Å²) >= 11 is 0. The highest BCUT2D eigenvalue weighted by atomic mass is 16.5. The standard InChI is InChI=1S/C5H8N2O3/c6-5(9)10-2-3-1-4(8)7-3/h3H,1-2H2,(H2,6,9)(H,7,8). The highest BCUT2D eigenvalue weighted by Crippen LogP contribution is 2.03. The molecule has 0 bridgehead atoms. The van der Waals surface area contributed by atoms with Crippen molar-refractivity contribution in [2.45, 2.75) is 12.5 Å². The molecule has 5 nitrogen and oxygen atoms in total. The molecule has 1 saturated heterocycles. The summed E-state index contributed by atoms with van der Waals surface area (Å²) in [7, 11) is 0. The van der Waals surface area contributed by atoms with Gasteiger partial charge in [0.15, 0.2) is 0 Å². The minimum absolute atomic E-state index is 0.0157. The monoisotopic (exact) mass is 144 g/mol. The molecule has 56 valence electrons. The molecule has 0 aromatic carbocycles. The minimum Gasteiger partial charge on any atom is -0.448 e. The van der Waals surface area contributed by atoms with Gasteiger partial charge in [0.25, 0.3) is 0 Å². The molecule has 1 aliphatic rings. The molecule has 2 amide bonds. The first kappa shape index (κ1) is 6.85. The Kier molecular flexibility index (Phi) is 1.75. The maximum absolute atomic E-state index is 10.3. The molecule has 1 rings (SSSR count). The van der Waals surface area contributed by atoms with Gasteiger partial charge in [-0.05, 0) is 0 Å². The Hall–Kier alpha value is -1.26. The van der Waals surface area contributed by atoms with Crippen molar-refractivity contribution >= 4 is 12.0 Å². The van der Waals surface area contributed by atoms with E-state index in [1.54, 1.807) is 0 Å². The van der Waals surface area contributed by atoms with E-state index in [1.165, 1.54) is 0 Å². The van der Waals surface area contributed by atoms with Crippen molar-refractivity contribution in [2.24, 2.45) is 5.73 Å². The van der Waals surface area contributed by atoms with Crippen molar-refractivity contribution in [3.8, 4) is 0 Å². The van der Waals surface area contributed by atoms with Crippen LogP contribution in [0.3, 0.4) is 0 Å². The van der Waals surface area contributed by atoms with Gasteiger partial charge in [0.05, 0.1) is 12.5 Å². The molecule has 0 aliphatic carbocycles. The van der Waals surface area contributed by atoms with E-state index < -0.39 is 6.09 Å². The van der Waals surface area contributed by atoms with Crippen LogP contribution >= 0.6 is 0 Å². The molecular formula is C5H8N2O3. The Morgan fingerprint density at radius 3 is 2.90 bits per heavy atom. The van der Waals surface area contributed by atoms with Crippen molar-refractivity contribution in [1.29, 1.82) is 0 Å². The van der Waals surface area contributed by atoms with Gasteiger partial charge in [-0.1, -0.05) is 0 Å². The molecule has 5 heteroatoms. The number of carbonyl (C=O) groups is 2. The lowest BCUT2D eigenvalue weighted by Crippen LogP contribution is -2.51. The zero-order valence-electron chi connectivity index (χ0n) is 5.29. The van der Waals surface area contributed by atoms with Gasteiger partial charge in [0.2, 0.25) is 5.91 Å². The summed E-state index contributed by atoms with van der Waals surface area (Å²) in [5.41, 5.74) is 4.68. The largest absolute Gasteiger partial charge is 0.448 e. The van der Waals surface area contributed by atoms with Gasteiger partial charge in [-0.25, -0.2) is 4.79 Å². The molecule has 0 spiro atoms. The van der Waals surface area contributed by atoms with E-state index in [9.17, 15) is 9.59 Å². The van der Waals surface area contributed by atoms with Crippen molar-refractivity contribution in [3.05, 3.63) is 0 Å². The fourth-order valence-corrected chi connectivity index (χ4v) is 0.714. The maximum Gasteiger partial charge on any atom is 0.404 e. The smallest absolute Gasteiger partial charge is 0.404 e. The van der Waals surface area contributed by atoms with E-state index in [1.807, 2.05) is 0 Å². The number of rotatable bonds is 2. The summed E-state index contributed by atoms with van der Waals surface area (Å²) in [5, 5.41) is 2.53. The van der Waals surface area contributed by atoms with Gasteiger partial charge in [0.1, 0.15) is 6.61 Å². The predicted octanol–water partition coefficient (Wildman–Crippen LogP) is -1.03. The average Bonchev–Trinajstić information content (AvgIpc) is 1.77. The Bertz CT molecular complexity index is 160. The van der Waals surface area contributed by atoms with Gasteiger partial charge < -0.3 is 15.8 Å². The highest BCUT2D eigenvalue weighted by molar-refractivity contribution is 5.82. The Balaban J connectivity index is 2.05. The second kappa shape index (κ2) is 2.55. The number of amides is 2. The summed E-state index contributed by atoms with van der Waals surface area (Å²) in [4.78, 5) is 20.3. The topological polar surface area (TPSA) is 81.4 Å². The molecule has 1 atom stereocenters. The number of hydrogen-bond acceptors (Lipinski definition) is 3. The predicted molar refractivity (Wildman–Crippen MR) is 32.1 cm³/mol. The molecule has 1 heterocycles. The third kappa shape index (κ3) is 1.61. The number of ether oxygens (including phenoxy) is 1. The van der Waals surface area contributed by atoms with E-state index in [4.69, 9.17) is 0 Å². The van der Waals surface area contributed by atoms with Crippen LogP contribution in [0.5, 0.6) is 0 Å². The first-order valence-corrected chi connectivity index (χ1v) is 2.90. The van der Waals surface area contributed by atoms with E-state index in [0.29, 0.717) is 6.42 Å². The van der Waals surface area contributed by atoms with E-state index in [0.717, 1.165) is 0 Å². The Morgan fingerprint density at radius 1 is 1.90 bits per heavy atom. The Morgan fingerprint density at radius 2 is 2.50 bits per heavy atom. The number of hydrogen-bond donors (Lipinski definition) is 2. The van der Waals surface area contributed by atoms with Crippen LogP contribution < -0.4 is 11.1 Å². The minimum atomic E-state index is -0.804. The SMILES string of the molecule is NC(=O)OCC1CC(=O)N1. The molecule has 1 aliphatic heterocycles. The first-order valence-electron chi connectivity index (χ1n) is 2.90. The number of nitrogens with two attached hydrogens (primary N) is 1. The number of β-lactam (4-membered cyclic amide) rings is 1. The van der Waals surface area contributed by atoms with Gasteiger partial charge in [0, 0.05) is 0 Å². The number of nitrogens with one attached hydrogen (secondary N) is 1. The zero-order chi connectivity index (χ0) is 7.56. The van der Waals surface area contributed by atoms with Gasteiger partial charge in [-0.2, -0.15) is 0 Å². The van der Waals surface area contributed by atoms with E-state index in [2.05, 4.69) is 15.8 Å². The van der Waals surface area contributed by atoms with Crippen molar-refractivity contribution in [1.82, 2.24) is 5.32 Å². The summed E-state index contributed by atoms with van der Waals surface area (Å²) in [6.45, 7) is 0.182. The fourth-order valence-electron chi connectivity index (χ4n) is 0.714. The maximum atomic E-state index is 10.3. The van der Waals surface area contributed by atoms with E-state index >= 15 is 0 Å². The molecule has 3 N–H and O–H groups in total. The summed E-state index contributed by atoms with van der Waals surface area (Å²) in [6, 6.07) is -0.0278. The van der Waals surface area contributed by atoms with Crippen LogP contribution in [0.4, 0.5) is 4.79 Å². The summed E-state index contributed by atoms with van der Waals surface area (Å²) < 4.78 is 4.42. The van der Waals surface area contributed by atoms with E-state index in [-0.39, 0.29) is 18.6 Å². The number of carbonyl (C=O) groups excluding carboxylic acids is 2. The molecule has 0 aromatic rings. The normalized spacial score (nSPS) is 22.8. The Labute approximate surface area is 57.5 Å². The van der Waals surface area contributed by atoms with Crippen molar-refractivity contribution in [2.75, 3.05) is 6.61 Å². The third-order valence-electron chi connectivity index (χ3n) is 1.22. The second-order valence-electron chi connectivity index (χ2n) is 2.10. The lowest BCUT2D eigenvalue weighted by molar-refractivity contribution is -0.129. The number of primary amides is 1. The summed E-state index contributed by atoms with van der Waals surface area (Å²) in [5.74, 6) is -0.0157. The van der Waals surface area contributed by atoms with Crippen LogP contribution in [0.1, 0.15) is 6.42 Å². The van der Waals surface area contributed by atoms with Crippen LogP contribution in [-0.2, 0) is 9.53 Å². The first-order chi connectivity index (χ1) is 4.68. The molecule has 10 heavy (non-hydrogen) atoms. The molecule has 1 fully saturated rings. The van der Waals surface area contributed by atoms with Crippen LogP contribution in [0.15, 0.2) is 0 Å². The zero-order valence-corrected chi connectivity index (χ0v) is 5.29. The van der Waals surface area contributed by atoms with Gasteiger partial charge in [-0.15, -0.1) is 0 Å².